The van der Waals surface area contributed by atoms with E-state index in [0.717, 1.165) is 26.9 Å². The molecule has 3 rings (SSSR count). The zero-order valence-corrected chi connectivity index (χ0v) is 13.8. The van der Waals surface area contributed by atoms with E-state index in [2.05, 4.69) is 21.0 Å². The van der Waals surface area contributed by atoms with Crippen molar-refractivity contribution in [3.8, 4) is 17.2 Å². The van der Waals surface area contributed by atoms with Crippen molar-refractivity contribution in [2.45, 2.75) is 0 Å². The molecule has 0 amide bonds. The predicted octanol–water partition coefficient (Wildman–Crippen LogP) is 4.46. The summed E-state index contributed by atoms with van der Waals surface area (Å²) in [5.41, 5.74) is 1.63. The van der Waals surface area contributed by atoms with Crippen molar-refractivity contribution in [1.82, 2.24) is 9.78 Å². The maximum absolute atomic E-state index is 6.31. The molecular weight excluding hydrogens is 356 g/mol. The van der Waals surface area contributed by atoms with E-state index in [4.69, 9.17) is 21.1 Å². The molecule has 4 nitrogen and oxygen atoms in total. The first kappa shape index (κ1) is 14.2. The standard InChI is InChI=1S/C15H12BrClN2O2/c1-20-9-3-5-13-11(7-9)15(16)19(18-13)14-6-4-10(21-2)8-12(14)17/h3-8H,1-2H3. The van der Waals surface area contributed by atoms with Gasteiger partial charge >= 0.3 is 0 Å². The Labute approximate surface area is 135 Å². The van der Waals surface area contributed by atoms with E-state index in [-0.39, 0.29) is 0 Å². The highest BCUT2D eigenvalue weighted by molar-refractivity contribution is 9.10. The first-order chi connectivity index (χ1) is 10.1. The second-order valence-electron chi connectivity index (χ2n) is 4.40. The fourth-order valence-corrected chi connectivity index (χ4v) is 2.94. The molecule has 0 radical (unpaired) electrons. The second kappa shape index (κ2) is 5.58. The zero-order valence-electron chi connectivity index (χ0n) is 11.4. The molecule has 0 unspecified atom stereocenters. The van der Waals surface area contributed by atoms with Gasteiger partial charge in [0.1, 0.15) is 16.1 Å². The van der Waals surface area contributed by atoms with Gasteiger partial charge in [0.25, 0.3) is 0 Å². The average Bonchev–Trinajstić information content (AvgIpc) is 2.83. The summed E-state index contributed by atoms with van der Waals surface area (Å²) in [5.74, 6) is 1.49. The maximum Gasteiger partial charge on any atom is 0.120 e. The molecule has 0 atom stereocenters. The summed E-state index contributed by atoms with van der Waals surface area (Å²) < 4.78 is 13.0. The number of hydrogen-bond donors (Lipinski definition) is 0. The molecule has 0 spiro atoms. The highest BCUT2D eigenvalue weighted by Crippen LogP contribution is 2.33. The third-order valence-electron chi connectivity index (χ3n) is 3.20. The van der Waals surface area contributed by atoms with Crippen molar-refractivity contribution in [3.05, 3.63) is 46.0 Å². The molecule has 1 heterocycles. The van der Waals surface area contributed by atoms with Crippen LogP contribution in [-0.4, -0.2) is 24.0 Å². The van der Waals surface area contributed by atoms with E-state index in [1.807, 2.05) is 30.3 Å². The monoisotopic (exact) mass is 366 g/mol. The lowest BCUT2D eigenvalue weighted by Crippen LogP contribution is -1.97. The van der Waals surface area contributed by atoms with Gasteiger partial charge < -0.3 is 9.47 Å². The second-order valence-corrected chi connectivity index (χ2v) is 5.56. The topological polar surface area (TPSA) is 36.3 Å². The van der Waals surface area contributed by atoms with Gasteiger partial charge in [-0.1, -0.05) is 11.6 Å². The van der Waals surface area contributed by atoms with Crippen molar-refractivity contribution in [1.29, 1.82) is 0 Å². The van der Waals surface area contributed by atoms with Crippen molar-refractivity contribution >= 4 is 38.4 Å². The molecule has 0 aliphatic rings. The number of rotatable bonds is 3. The Hall–Kier alpha value is -1.72. The maximum atomic E-state index is 6.31. The van der Waals surface area contributed by atoms with Crippen LogP contribution in [0.15, 0.2) is 41.0 Å². The van der Waals surface area contributed by atoms with E-state index < -0.39 is 0 Å². The van der Waals surface area contributed by atoms with Gasteiger partial charge in [-0.3, -0.25) is 0 Å². The minimum atomic E-state index is 0.565. The minimum Gasteiger partial charge on any atom is -0.497 e. The third-order valence-corrected chi connectivity index (χ3v) is 4.27. The fraction of sp³-hybridized carbons (Fsp3) is 0.133. The smallest absolute Gasteiger partial charge is 0.120 e. The quantitative estimate of drug-likeness (QED) is 0.686. The van der Waals surface area contributed by atoms with E-state index in [1.165, 1.54) is 0 Å². The Kier molecular flexibility index (Phi) is 3.78. The van der Waals surface area contributed by atoms with Crippen LogP contribution in [0.1, 0.15) is 0 Å². The first-order valence-electron chi connectivity index (χ1n) is 6.20. The summed E-state index contributed by atoms with van der Waals surface area (Å²) in [4.78, 5) is 0. The van der Waals surface area contributed by atoms with Crippen LogP contribution >= 0.6 is 27.5 Å². The average molecular weight is 368 g/mol. The summed E-state index contributed by atoms with van der Waals surface area (Å²) in [6.07, 6.45) is 0. The van der Waals surface area contributed by atoms with Gasteiger partial charge in [-0.25, -0.2) is 4.68 Å². The Balaban J connectivity index is 2.18. The molecule has 0 aliphatic heterocycles. The lowest BCUT2D eigenvalue weighted by Gasteiger charge is -2.07. The molecule has 3 aromatic rings. The Morgan fingerprint density at radius 2 is 1.71 bits per heavy atom. The lowest BCUT2D eigenvalue weighted by atomic mass is 10.2. The van der Waals surface area contributed by atoms with Crippen LogP contribution in [0.5, 0.6) is 11.5 Å². The molecule has 6 heteroatoms. The van der Waals surface area contributed by atoms with Crippen LogP contribution in [0, 0.1) is 0 Å². The van der Waals surface area contributed by atoms with Crippen molar-refractivity contribution in [3.63, 3.8) is 0 Å². The summed E-state index contributed by atoms with van der Waals surface area (Å²) in [6, 6.07) is 11.2. The van der Waals surface area contributed by atoms with Gasteiger partial charge in [-0.2, -0.15) is 5.10 Å². The normalized spacial score (nSPS) is 10.9. The number of methoxy groups -OCH3 is 2. The van der Waals surface area contributed by atoms with Gasteiger partial charge in [0, 0.05) is 11.5 Å². The van der Waals surface area contributed by atoms with Crippen LogP contribution in [0.3, 0.4) is 0 Å². The molecule has 2 aromatic carbocycles. The molecule has 0 bridgehead atoms. The van der Waals surface area contributed by atoms with Crippen LogP contribution in [0.25, 0.3) is 16.6 Å². The molecule has 0 fully saturated rings. The highest BCUT2D eigenvalue weighted by Gasteiger charge is 2.14. The van der Waals surface area contributed by atoms with Crippen LogP contribution < -0.4 is 9.47 Å². The number of hydrogen-bond acceptors (Lipinski definition) is 3. The van der Waals surface area contributed by atoms with Gasteiger partial charge in [0.05, 0.1) is 30.4 Å². The van der Waals surface area contributed by atoms with Gasteiger partial charge in [0.2, 0.25) is 0 Å². The van der Waals surface area contributed by atoms with Crippen LogP contribution in [0.4, 0.5) is 0 Å². The molecule has 0 saturated carbocycles. The summed E-state index contributed by atoms with van der Waals surface area (Å²) >= 11 is 9.89. The lowest BCUT2D eigenvalue weighted by molar-refractivity contribution is 0.414. The molecule has 1 aromatic heterocycles. The van der Waals surface area contributed by atoms with Crippen molar-refractivity contribution < 1.29 is 9.47 Å². The van der Waals surface area contributed by atoms with E-state index >= 15 is 0 Å². The number of nitrogens with zero attached hydrogens (tertiary/aromatic N) is 2. The SMILES string of the molecule is COc1ccc(-n2nc3ccc(OC)cc3c2Br)c(Cl)c1. The largest absolute Gasteiger partial charge is 0.497 e. The zero-order chi connectivity index (χ0) is 15.0. The third kappa shape index (κ3) is 2.47. The Morgan fingerprint density at radius 3 is 2.38 bits per heavy atom. The number of ether oxygens (including phenoxy) is 2. The summed E-state index contributed by atoms with van der Waals surface area (Å²) in [7, 11) is 3.25. The molecule has 0 aliphatic carbocycles. The highest BCUT2D eigenvalue weighted by atomic mass is 79.9. The molecule has 108 valence electrons. The van der Waals surface area contributed by atoms with Gasteiger partial charge in [-0.15, -0.1) is 0 Å². The summed E-state index contributed by atoms with van der Waals surface area (Å²) in [5, 5.41) is 6.09. The fourth-order valence-electron chi connectivity index (χ4n) is 2.11. The Bertz CT molecular complexity index is 817. The van der Waals surface area contributed by atoms with Crippen LogP contribution in [0.2, 0.25) is 5.02 Å². The summed E-state index contributed by atoms with van der Waals surface area (Å²) in [6.45, 7) is 0. The van der Waals surface area contributed by atoms with E-state index in [1.54, 1.807) is 25.0 Å². The van der Waals surface area contributed by atoms with Crippen LogP contribution in [-0.2, 0) is 0 Å². The first-order valence-corrected chi connectivity index (χ1v) is 7.37. The molecule has 21 heavy (non-hydrogen) atoms. The number of aromatic nitrogens is 2. The minimum absolute atomic E-state index is 0.565. The Morgan fingerprint density at radius 1 is 1.05 bits per heavy atom. The molecule has 0 N–H and O–H groups in total. The number of benzene rings is 2. The van der Waals surface area contributed by atoms with E-state index in [9.17, 15) is 0 Å². The van der Waals surface area contributed by atoms with Crippen molar-refractivity contribution in [2.75, 3.05) is 14.2 Å². The van der Waals surface area contributed by atoms with Gasteiger partial charge in [-0.05, 0) is 46.3 Å². The number of halogens is 2. The predicted molar refractivity (Wildman–Crippen MR) is 86.9 cm³/mol. The number of fused-ring (bicyclic) bond motifs is 1. The molecule has 0 saturated heterocycles. The van der Waals surface area contributed by atoms with Gasteiger partial charge in [0.15, 0.2) is 0 Å². The molecular formula is C15H12BrClN2O2. The van der Waals surface area contributed by atoms with E-state index in [0.29, 0.717) is 10.8 Å². The van der Waals surface area contributed by atoms with Crippen molar-refractivity contribution in [2.24, 2.45) is 0 Å².